The molecule has 1 unspecified atom stereocenters. The molecule has 21 heavy (non-hydrogen) atoms. The molecule has 2 rings (SSSR count). The second kappa shape index (κ2) is 7.92. The first-order valence-electron chi connectivity index (χ1n) is 8.24. The van der Waals surface area contributed by atoms with Crippen LogP contribution in [0.15, 0.2) is 30.3 Å². The Labute approximate surface area is 129 Å². The van der Waals surface area contributed by atoms with Crippen molar-refractivity contribution < 1.29 is 5.11 Å². The van der Waals surface area contributed by atoms with Crippen LogP contribution in [0, 0.1) is 0 Å². The van der Waals surface area contributed by atoms with E-state index in [9.17, 15) is 5.11 Å². The second-order valence-corrected chi connectivity index (χ2v) is 6.91. The van der Waals surface area contributed by atoms with E-state index in [1.54, 1.807) is 0 Å². The molecule has 0 aromatic heterocycles. The predicted octanol–water partition coefficient (Wildman–Crippen LogP) is 2.44. The first-order valence-corrected chi connectivity index (χ1v) is 8.24. The SMILES string of the molecule is CC(C)(CCc1ccccc1)NCC(O)CN1CCCC1. The van der Waals surface area contributed by atoms with Crippen LogP contribution in [0.2, 0.25) is 0 Å². The summed E-state index contributed by atoms with van der Waals surface area (Å²) < 4.78 is 0. The molecule has 1 heterocycles. The fourth-order valence-corrected chi connectivity index (χ4v) is 2.91. The molecule has 3 heteroatoms. The molecule has 3 nitrogen and oxygen atoms in total. The van der Waals surface area contributed by atoms with Gasteiger partial charge in [0.2, 0.25) is 0 Å². The summed E-state index contributed by atoms with van der Waals surface area (Å²) in [4.78, 5) is 2.36. The average molecular weight is 290 g/mol. The monoisotopic (exact) mass is 290 g/mol. The van der Waals surface area contributed by atoms with Crippen LogP contribution in [-0.4, -0.2) is 47.8 Å². The van der Waals surface area contributed by atoms with Gasteiger partial charge in [-0.3, -0.25) is 0 Å². The van der Waals surface area contributed by atoms with Crippen LogP contribution in [0.5, 0.6) is 0 Å². The van der Waals surface area contributed by atoms with Gasteiger partial charge in [0.25, 0.3) is 0 Å². The number of aliphatic hydroxyl groups is 1. The maximum Gasteiger partial charge on any atom is 0.0791 e. The number of aliphatic hydroxyl groups excluding tert-OH is 1. The van der Waals surface area contributed by atoms with E-state index in [0.29, 0.717) is 6.54 Å². The number of nitrogens with one attached hydrogen (secondary N) is 1. The van der Waals surface area contributed by atoms with Gasteiger partial charge in [-0.15, -0.1) is 0 Å². The molecule has 1 saturated heterocycles. The lowest BCUT2D eigenvalue weighted by molar-refractivity contribution is 0.114. The predicted molar refractivity (Wildman–Crippen MR) is 88.5 cm³/mol. The zero-order valence-electron chi connectivity index (χ0n) is 13.5. The molecule has 1 aromatic rings. The molecule has 0 saturated carbocycles. The van der Waals surface area contributed by atoms with E-state index < -0.39 is 0 Å². The zero-order chi connectivity index (χ0) is 15.1. The van der Waals surface area contributed by atoms with Crippen LogP contribution < -0.4 is 5.32 Å². The molecule has 0 radical (unpaired) electrons. The van der Waals surface area contributed by atoms with Gasteiger partial charge in [-0.25, -0.2) is 0 Å². The smallest absolute Gasteiger partial charge is 0.0791 e. The van der Waals surface area contributed by atoms with Crippen LogP contribution in [0.4, 0.5) is 0 Å². The van der Waals surface area contributed by atoms with Crippen molar-refractivity contribution in [2.45, 2.75) is 51.2 Å². The number of benzene rings is 1. The maximum absolute atomic E-state index is 10.2. The number of nitrogens with zero attached hydrogens (tertiary/aromatic N) is 1. The Morgan fingerprint density at radius 2 is 1.86 bits per heavy atom. The Morgan fingerprint density at radius 3 is 2.52 bits per heavy atom. The summed E-state index contributed by atoms with van der Waals surface area (Å²) in [7, 11) is 0. The molecule has 1 aromatic carbocycles. The molecule has 1 atom stereocenters. The fraction of sp³-hybridized carbons (Fsp3) is 0.667. The van der Waals surface area contributed by atoms with E-state index in [1.807, 2.05) is 0 Å². The molecule has 0 spiro atoms. The Hall–Kier alpha value is -0.900. The molecule has 1 aliphatic rings. The standard InChI is InChI=1S/C18H30N2O/c1-18(2,11-10-16-8-4-3-5-9-16)19-14-17(21)15-20-12-6-7-13-20/h3-5,8-9,17,19,21H,6-7,10-15H2,1-2H3. The van der Waals surface area contributed by atoms with Gasteiger partial charge in [0.05, 0.1) is 6.10 Å². The minimum atomic E-state index is -0.265. The third-order valence-corrected chi connectivity index (χ3v) is 4.37. The van der Waals surface area contributed by atoms with E-state index >= 15 is 0 Å². The zero-order valence-corrected chi connectivity index (χ0v) is 13.5. The molecule has 1 fully saturated rings. The van der Waals surface area contributed by atoms with Crippen molar-refractivity contribution in [2.24, 2.45) is 0 Å². The fourth-order valence-electron chi connectivity index (χ4n) is 2.91. The number of aryl methyl sites for hydroxylation is 1. The minimum absolute atomic E-state index is 0.0574. The highest BCUT2D eigenvalue weighted by molar-refractivity contribution is 5.15. The van der Waals surface area contributed by atoms with E-state index in [-0.39, 0.29) is 11.6 Å². The Balaban J connectivity index is 1.67. The van der Waals surface area contributed by atoms with E-state index in [4.69, 9.17) is 0 Å². The van der Waals surface area contributed by atoms with Crippen LogP contribution in [-0.2, 0) is 6.42 Å². The summed E-state index contributed by atoms with van der Waals surface area (Å²) in [5, 5.41) is 13.7. The second-order valence-electron chi connectivity index (χ2n) is 6.91. The summed E-state index contributed by atoms with van der Waals surface area (Å²) in [6.07, 6.45) is 4.45. The summed E-state index contributed by atoms with van der Waals surface area (Å²) in [5.41, 5.74) is 1.44. The minimum Gasteiger partial charge on any atom is -0.390 e. The molecule has 2 N–H and O–H groups in total. The molecule has 118 valence electrons. The normalized spacial score (nSPS) is 18.0. The van der Waals surface area contributed by atoms with Gasteiger partial charge in [-0.05, 0) is 58.2 Å². The number of hydrogen-bond acceptors (Lipinski definition) is 3. The quantitative estimate of drug-likeness (QED) is 0.772. The van der Waals surface area contributed by atoms with Crippen LogP contribution >= 0.6 is 0 Å². The van der Waals surface area contributed by atoms with Crippen molar-refractivity contribution in [3.8, 4) is 0 Å². The van der Waals surface area contributed by atoms with Crippen LogP contribution in [0.25, 0.3) is 0 Å². The number of hydrogen-bond donors (Lipinski definition) is 2. The van der Waals surface area contributed by atoms with Gasteiger partial charge in [-0.2, -0.15) is 0 Å². The Kier molecular flexibility index (Phi) is 6.22. The van der Waals surface area contributed by atoms with Crippen molar-refractivity contribution in [1.29, 1.82) is 0 Å². The molecule has 0 bridgehead atoms. The largest absolute Gasteiger partial charge is 0.390 e. The highest BCUT2D eigenvalue weighted by Crippen LogP contribution is 2.14. The lowest BCUT2D eigenvalue weighted by atomic mass is 9.95. The van der Waals surface area contributed by atoms with Crippen molar-refractivity contribution in [2.75, 3.05) is 26.2 Å². The van der Waals surface area contributed by atoms with Crippen molar-refractivity contribution in [3.63, 3.8) is 0 Å². The Morgan fingerprint density at radius 1 is 1.19 bits per heavy atom. The molecule has 0 amide bonds. The van der Waals surface area contributed by atoms with Crippen LogP contribution in [0.1, 0.15) is 38.7 Å². The van der Waals surface area contributed by atoms with E-state index in [0.717, 1.165) is 32.5 Å². The average Bonchev–Trinajstić information content (AvgIpc) is 2.97. The van der Waals surface area contributed by atoms with E-state index in [1.165, 1.54) is 18.4 Å². The molecule has 1 aliphatic heterocycles. The van der Waals surface area contributed by atoms with Crippen molar-refractivity contribution >= 4 is 0 Å². The lowest BCUT2D eigenvalue weighted by Crippen LogP contribution is -2.46. The summed E-state index contributed by atoms with van der Waals surface area (Å²) in [5.74, 6) is 0. The van der Waals surface area contributed by atoms with Gasteiger partial charge < -0.3 is 15.3 Å². The first-order chi connectivity index (χ1) is 10.1. The van der Waals surface area contributed by atoms with Crippen LogP contribution in [0.3, 0.4) is 0 Å². The number of likely N-dealkylation sites (tertiary alicyclic amines) is 1. The molecular weight excluding hydrogens is 260 g/mol. The van der Waals surface area contributed by atoms with E-state index in [2.05, 4.69) is 54.4 Å². The number of rotatable bonds is 8. The van der Waals surface area contributed by atoms with Gasteiger partial charge in [0.15, 0.2) is 0 Å². The Bertz CT molecular complexity index is 399. The topological polar surface area (TPSA) is 35.5 Å². The summed E-state index contributed by atoms with van der Waals surface area (Å²) in [6, 6.07) is 10.6. The highest BCUT2D eigenvalue weighted by atomic mass is 16.3. The third-order valence-electron chi connectivity index (χ3n) is 4.37. The van der Waals surface area contributed by atoms with Crippen molar-refractivity contribution in [3.05, 3.63) is 35.9 Å². The van der Waals surface area contributed by atoms with Gasteiger partial charge >= 0.3 is 0 Å². The third kappa shape index (κ3) is 6.16. The first kappa shape index (κ1) is 16.5. The van der Waals surface area contributed by atoms with Gasteiger partial charge in [0, 0.05) is 18.6 Å². The lowest BCUT2D eigenvalue weighted by Gasteiger charge is -2.29. The van der Waals surface area contributed by atoms with Gasteiger partial charge in [0.1, 0.15) is 0 Å². The van der Waals surface area contributed by atoms with Gasteiger partial charge in [-0.1, -0.05) is 30.3 Å². The number of β-amino-alcohol motifs (C(OH)–C–C–N with tert-alkyl or cyclic N) is 1. The maximum atomic E-state index is 10.2. The highest BCUT2D eigenvalue weighted by Gasteiger charge is 2.20. The summed E-state index contributed by atoms with van der Waals surface area (Å²) >= 11 is 0. The molecular formula is C18H30N2O. The molecule has 0 aliphatic carbocycles. The summed E-state index contributed by atoms with van der Waals surface area (Å²) in [6.45, 7) is 8.22. The van der Waals surface area contributed by atoms with Crippen molar-refractivity contribution in [1.82, 2.24) is 10.2 Å².